The van der Waals surface area contributed by atoms with E-state index in [9.17, 15) is 25.0 Å². The molecule has 1 rings (SSSR count). The minimum atomic E-state index is -0.875. The molecule has 0 amide bonds. The summed E-state index contributed by atoms with van der Waals surface area (Å²) in [5, 5.41) is 19.6. The molecule has 0 spiro atoms. The van der Waals surface area contributed by atoms with E-state index in [4.69, 9.17) is 4.74 Å². The Bertz CT molecular complexity index is 515. The number of esters is 1. The number of benzene rings is 1. The maximum Gasteiger partial charge on any atom is 0.311 e. The van der Waals surface area contributed by atoms with Gasteiger partial charge in [0.05, 0.1) is 4.92 Å². The summed E-state index contributed by atoms with van der Waals surface area (Å²) in [5.41, 5.74) is -0.0967. The van der Waals surface area contributed by atoms with Gasteiger partial charge in [-0.25, -0.2) is 0 Å². The molecule has 1 aromatic rings. The molecular weight excluding hydrogens is 284 g/mol. The molecule has 1 aromatic carbocycles. The van der Waals surface area contributed by atoms with E-state index in [1.807, 2.05) is 0 Å². The van der Waals surface area contributed by atoms with Crippen molar-refractivity contribution >= 4 is 11.7 Å². The van der Waals surface area contributed by atoms with Gasteiger partial charge in [0.25, 0.3) is 10.8 Å². The summed E-state index contributed by atoms with van der Waals surface area (Å²) in [7, 11) is 0. The summed E-state index contributed by atoms with van der Waals surface area (Å²) in [6, 6.07) is 5.12. The SMILES string of the molecule is C[C@H](CCCC(=O)Oc1ccc([N+](=O)[O-])cc1)O[N+](=O)[O-]. The van der Waals surface area contributed by atoms with Crippen molar-refractivity contribution in [1.82, 2.24) is 0 Å². The van der Waals surface area contributed by atoms with E-state index in [1.54, 1.807) is 0 Å². The van der Waals surface area contributed by atoms with Crippen LogP contribution in [-0.4, -0.2) is 22.1 Å². The molecule has 9 nitrogen and oxygen atoms in total. The topological polar surface area (TPSA) is 122 Å². The monoisotopic (exact) mass is 298 g/mol. The van der Waals surface area contributed by atoms with Crippen LogP contribution in [0.25, 0.3) is 0 Å². The lowest BCUT2D eigenvalue weighted by molar-refractivity contribution is -0.767. The Kier molecular flexibility index (Phi) is 6.05. The Labute approximate surface area is 119 Å². The number of nitro benzene ring substituents is 1. The quantitative estimate of drug-likeness (QED) is 0.312. The molecule has 0 aliphatic carbocycles. The zero-order valence-corrected chi connectivity index (χ0v) is 11.3. The van der Waals surface area contributed by atoms with E-state index < -0.39 is 22.1 Å². The smallest absolute Gasteiger partial charge is 0.311 e. The normalized spacial score (nSPS) is 11.5. The van der Waals surface area contributed by atoms with Gasteiger partial charge in [0.15, 0.2) is 0 Å². The van der Waals surface area contributed by atoms with Crippen LogP contribution >= 0.6 is 0 Å². The highest BCUT2D eigenvalue weighted by molar-refractivity contribution is 5.72. The fourth-order valence-electron chi connectivity index (χ4n) is 1.55. The van der Waals surface area contributed by atoms with Gasteiger partial charge in [0.2, 0.25) is 0 Å². The van der Waals surface area contributed by atoms with Crippen LogP contribution in [0.15, 0.2) is 24.3 Å². The van der Waals surface area contributed by atoms with Crippen molar-refractivity contribution in [3.8, 4) is 5.75 Å². The predicted octanol–water partition coefficient (Wildman–Crippen LogP) is 2.27. The lowest BCUT2D eigenvalue weighted by atomic mass is 10.2. The van der Waals surface area contributed by atoms with Crippen LogP contribution < -0.4 is 4.74 Å². The Balaban J connectivity index is 2.33. The van der Waals surface area contributed by atoms with E-state index in [0.717, 1.165) is 0 Å². The van der Waals surface area contributed by atoms with Gasteiger partial charge in [-0.3, -0.25) is 14.9 Å². The van der Waals surface area contributed by atoms with E-state index in [2.05, 4.69) is 4.84 Å². The maximum absolute atomic E-state index is 11.5. The first-order valence-electron chi connectivity index (χ1n) is 6.15. The maximum atomic E-state index is 11.5. The number of nitro groups is 1. The highest BCUT2D eigenvalue weighted by atomic mass is 17.0. The largest absolute Gasteiger partial charge is 0.427 e. The summed E-state index contributed by atoms with van der Waals surface area (Å²) < 4.78 is 4.98. The third-order valence-corrected chi connectivity index (χ3v) is 2.54. The van der Waals surface area contributed by atoms with Crippen LogP contribution in [0.3, 0.4) is 0 Å². The number of ether oxygens (including phenoxy) is 1. The molecule has 0 aliphatic rings. The highest BCUT2D eigenvalue weighted by Crippen LogP contribution is 2.18. The number of hydrogen-bond acceptors (Lipinski definition) is 7. The molecule has 0 fully saturated rings. The van der Waals surface area contributed by atoms with Gasteiger partial charge >= 0.3 is 5.97 Å². The first-order chi connectivity index (χ1) is 9.88. The van der Waals surface area contributed by atoms with Crippen LogP contribution in [0, 0.1) is 20.2 Å². The van der Waals surface area contributed by atoms with Crippen molar-refractivity contribution in [2.24, 2.45) is 0 Å². The fraction of sp³-hybridized carbons (Fsp3) is 0.417. The molecule has 0 radical (unpaired) electrons. The summed E-state index contributed by atoms with van der Waals surface area (Å²) in [6.45, 7) is 1.53. The summed E-state index contributed by atoms with van der Waals surface area (Å²) in [4.78, 5) is 35.8. The van der Waals surface area contributed by atoms with E-state index in [-0.39, 0.29) is 17.9 Å². The van der Waals surface area contributed by atoms with E-state index >= 15 is 0 Å². The fourth-order valence-corrected chi connectivity index (χ4v) is 1.55. The second-order valence-electron chi connectivity index (χ2n) is 4.26. The molecule has 114 valence electrons. The molecule has 0 aromatic heterocycles. The van der Waals surface area contributed by atoms with E-state index in [0.29, 0.717) is 12.8 Å². The van der Waals surface area contributed by atoms with Gasteiger partial charge in [-0.05, 0) is 31.9 Å². The molecule has 0 saturated carbocycles. The van der Waals surface area contributed by atoms with Crippen molar-refractivity contribution in [2.75, 3.05) is 0 Å². The lowest BCUT2D eigenvalue weighted by Gasteiger charge is -2.08. The van der Waals surface area contributed by atoms with Gasteiger partial charge in [-0.2, -0.15) is 0 Å². The van der Waals surface area contributed by atoms with Crippen LogP contribution in [0.4, 0.5) is 5.69 Å². The van der Waals surface area contributed by atoms with Gasteiger partial charge < -0.3 is 9.57 Å². The first kappa shape index (κ1) is 16.3. The second-order valence-corrected chi connectivity index (χ2v) is 4.26. The van der Waals surface area contributed by atoms with Gasteiger partial charge in [-0.1, -0.05) is 0 Å². The lowest BCUT2D eigenvalue weighted by Crippen LogP contribution is -2.14. The Morgan fingerprint density at radius 1 is 1.24 bits per heavy atom. The van der Waals surface area contributed by atoms with E-state index in [1.165, 1.54) is 31.2 Å². The molecule has 0 N–H and O–H groups in total. The second kappa shape index (κ2) is 7.78. The third-order valence-electron chi connectivity index (χ3n) is 2.54. The number of hydrogen-bond donors (Lipinski definition) is 0. The van der Waals surface area contributed by atoms with Crippen molar-refractivity contribution in [3.05, 3.63) is 44.5 Å². The molecule has 0 unspecified atom stereocenters. The minimum absolute atomic E-state index is 0.0718. The minimum Gasteiger partial charge on any atom is -0.427 e. The van der Waals surface area contributed by atoms with Crippen LogP contribution in [-0.2, 0) is 9.63 Å². The average molecular weight is 298 g/mol. The first-order valence-corrected chi connectivity index (χ1v) is 6.15. The summed E-state index contributed by atoms with van der Waals surface area (Å²) in [5.74, 6) is -0.308. The van der Waals surface area contributed by atoms with Gasteiger partial charge in [0.1, 0.15) is 11.9 Å². The van der Waals surface area contributed by atoms with Crippen LogP contribution in [0.5, 0.6) is 5.75 Å². The van der Waals surface area contributed by atoms with Gasteiger partial charge in [-0.15, -0.1) is 10.1 Å². The number of nitrogens with zero attached hydrogens (tertiary/aromatic N) is 2. The molecule has 0 aliphatic heterocycles. The molecule has 0 saturated heterocycles. The standard InChI is InChI=1S/C12H14N2O7/c1-9(21-14(18)19)3-2-4-12(15)20-11-7-5-10(6-8-11)13(16)17/h5-9H,2-4H2,1H3/t9-/m1/s1. The van der Waals surface area contributed by atoms with Crippen LogP contribution in [0.2, 0.25) is 0 Å². The third kappa shape index (κ3) is 6.32. The van der Waals surface area contributed by atoms with Crippen molar-refractivity contribution in [2.45, 2.75) is 32.3 Å². The average Bonchev–Trinajstić information content (AvgIpc) is 2.38. The molecule has 0 heterocycles. The molecule has 1 atom stereocenters. The number of carbonyl (C=O) groups excluding carboxylic acids is 1. The zero-order chi connectivity index (χ0) is 15.8. The van der Waals surface area contributed by atoms with Crippen molar-refractivity contribution in [3.63, 3.8) is 0 Å². The van der Waals surface area contributed by atoms with Gasteiger partial charge in [0, 0.05) is 18.6 Å². The molecule has 0 bridgehead atoms. The highest BCUT2D eigenvalue weighted by Gasteiger charge is 2.11. The molecule has 21 heavy (non-hydrogen) atoms. The van der Waals surface area contributed by atoms with Crippen molar-refractivity contribution < 1.29 is 24.4 Å². The van der Waals surface area contributed by atoms with Crippen molar-refractivity contribution in [1.29, 1.82) is 0 Å². The summed E-state index contributed by atoms with van der Waals surface area (Å²) in [6.07, 6.45) is 0.201. The van der Waals surface area contributed by atoms with Crippen LogP contribution in [0.1, 0.15) is 26.2 Å². The summed E-state index contributed by atoms with van der Waals surface area (Å²) >= 11 is 0. The number of rotatable bonds is 8. The number of carbonyl (C=O) groups is 1. The number of non-ortho nitro benzene ring substituents is 1. The molecule has 9 heteroatoms. The Morgan fingerprint density at radius 3 is 2.38 bits per heavy atom. The Hall–Kier alpha value is -2.71. The zero-order valence-electron chi connectivity index (χ0n) is 11.3. The Morgan fingerprint density at radius 2 is 1.86 bits per heavy atom. The molecular formula is C12H14N2O7. The predicted molar refractivity (Wildman–Crippen MR) is 70.1 cm³/mol.